The molecule has 7 nitrogen and oxygen atoms in total. The van der Waals surface area contributed by atoms with E-state index in [1.54, 1.807) is 6.08 Å². The maximum absolute atomic E-state index is 13.2. The van der Waals surface area contributed by atoms with Gasteiger partial charge in [0, 0.05) is 11.5 Å². The van der Waals surface area contributed by atoms with Gasteiger partial charge in [0.25, 0.3) is 0 Å². The van der Waals surface area contributed by atoms with Gasteiger partial charge in [0.15, 0.2) is 5.79 Å². The summed E-state index contributed by atoms with van der Waals surface area (Å²) in [6.07, 6.45) is 6.48. The Morgan fingerprint density at radius 2 is 1.97 bits per heavy atom. The molecule has 0 spiro atoms. The van der Waals surface area contributed by atoms with E-state index in [9.17, 15) is 9.90 Å². The molecule has 0 aliphatic carbocycles. The van der Waals surface area contributed by atoms with Crippen molar-refractivity contribution in [3.8, 4) is 5.75 Å². The third-order valence-electron chi connectivity index (χ3n) is 6.08. The number of aliphatic hydroxyl groups excluding tert-OH is 1. The zero-order chi connectivity index (χ0) is 24.2. The van der Waals surface area contributed by atoms with Crippen LogP contribution in [-0.4, -0.2) is 54.4 Å². The molecule has 1 aromatic rings. The van der Waals surface area contributed by atoms with Crippen LogP contribution in [0.2, 0.25) is 0 Å². The van der Waals surface area contributed by atoms with Crippen LogP contribution in [0, 0.1) is 12.8 Å². The highest BCUT2D eigenvalue weighted by Crippen LogP contribution is 2.34. The largest absolute Gasteiger partial charge is 0.493 e. The summed E-state index contributed by atoms with van der Waals surface area (Å²) in [7, 11) is 0. The van der Waals surface area contributed by atoms with E-state index in [1.165, 1.54) is 0 Å². The molecule has 2 aliphatic rings. The van der Waals surface area contributed by atoms with Gasteiger partial charge < -0.3 is 29.8 Å². The minimum Gasteiger partial charge on any atom is -0.493 e. The molecule has 33 heavy (non-hydrogen) atoms. The van der Waals surface area contributed by atoms with Gasteiger partial charge in [-0.2, -0.15) is 0 Å². The number of ether oxygens (including phenoxy) is 4. The third-order valence-corrected chi connectivity index (χ3v) is 6.08. The molecular formula is C26H37NO6. The summed E-state index contributed by atoms with van der Waals surface area (Å²) in [5.41, 5.74) is 7.57. The first kappa shape index (κ1) is 25.4. The fraction of sp³-hybridized carbons (Fsp3) is 0.577. The van der Waals surface area contributed by atoms with E-state index in [0.29, 0.717) is 42.9 Å². The predicted molar refractivity (Wildman–Crippen MR) is 127 cm³/mol. The van der Waals surface area contributed by atoms with E-state index in [2.05, 4.69) is 0 Å². The van der Waals surface area contributed by atoms with Crippen LogP contribution in [0.15, 0.2) is 30.4 Å². The summed E-state index contributed by atoms with van der Waals surface area (Å²) in [6.45, 7) is 10.3. The van der Waals surface area contributed by atoms with E-state index in [-0.39, 0.29) is 12.0 Å². The minimum absolute atomic E-state index is 0.108. The lowest BCUT2D eigenvalue weighted by molar-refractivity contribution is -0.152. The maximum Gasteiger partial charge on any atom is 0.339 e. The van der Waals surface area contributed by atoms with Gasteiger partial charge in [0.1, 0.15) is 24.1 Å². The van der Waals surface area contributed by atoms with Crippen LogP contribution in [0.1, 0.15) is 62.0 Å². The molecule has 1 aromatic carbocycles. The van der Waals surface area contributed by atoms with Gasteiger partial charge in [-0.3, -0.25) is 0 Å². The summed E-state index contributed by atoms with van der Waals surface area (Å²) >= 11 is 0. The van der Waals surface area contributed by atoms with Crippen LogP contribution in [-0.2, 0) is 14.2 Å². The zero-order valence-corrected chi connectivity index (χ0v) is 20.2. The monoisotopic (exact) mass is 459 g/mol. The van der Waals surface area contributed by atoms with Crippen molar-refractivity contribution < 1.29 is 28.8 Å². The van der Waals surface area contributed by atoms with Crippen molar-refractivity contribution in [1.82, 2.24) is 0 Å². The minimum atomic E-state index is -0.844. The second-order valence-electron chi connectivity index (χ2n) is 9.28. The lowest BCUT2D eigenvalue weighted by atomic mass is 9.97. The molecule has 3 rings (SSSR count). The van der Waals surface area contributed by atoms with Crippen molar-refractivity contribution in [3.05, 3.63) is 47.1 Å². The number of aliphatic hydroxyl groups is 1. The van der Waals surface area contributed by atoms with Crippen molar-refractivity contribution in [2.45, 2.75) is 77.7 Å². The van der Waals surface area contributed by atoms with Gasteiger partial charge in [-0.1, -0.05) is 37.3 Å². The number of cyclic esters (lactones) is 1. The molecular weight excluding hydrogens is 422 g/mol. The summed E-state index contributed by atoms with van der Waals surface area (Å²) in [5, 5.41) is 10.8. The van der Waals surface area contributed by atoms with Crippen LogP contribution in [0.3, 0.4) is 0 Å². The standard InChI is InChI=1S/C26H37NO6/c1-16-10-12-20(28)24-22(32-26(4,5)33-24)9-6-8-19-21(30-15-7-14-27)13-11-17(2)23(19)25(29)31-18(16)3/h6,8,10-13,16,18,20,22,24,28H,7,9,14-15,27H2,1-5H3/b8-6?,12-10-/t16-,18+,20?,22+,24-/m1/s1. The maximum atomic E-state index is 13.2. The van der Waals surface area contributed by atoms with Gasteiger partial charge in [-0.25, -0.2) is 4.79 Å². The Balaban J connectivity index is 2.03. The van der Waals surface area contributed by atoms with Crippen molar-refractivity contribution in [2.24, 2.45) is 11.7 Å². The van der Waals surface area contributed by atoms with Gasteiger partial charge in [0.2, 0.25) is 0 Å². The molecule has 0 bridgehead atoms. The number of carbonyl (C=O) groups is 1. The highest BCUT2D eigenvalue weighted by Gasteiger charge is 2.43. The predicted octanol–water partition coefficient (Wildman–Crippen LogP) is 3.76. The van der Waals surface area contributed by atoms with Gasteiger partial charge in [-0.05, 0) is 58.7 Å². The molecule has 0 saturated carbocycles. The summed E-state index contributed by atoms with van der Waals surface area (Å²) in [5.74, 6) is -0.704. The van der Waals surface area contributed by atoms with Gasteiger partial charge >= 0.3 is 5.97 Å². The summed E-state index contributed by atoms with van der Waals surface area (Å²) in [6, 6.07) is 3.73. The molecule has 2 heterocycles. The molecule has 1 saturated heterocycles. The van der Waals surface area contributed by atoms with E-state index in [1.807, 2.05) is 65.0 Å². The molecule has 2 aliphatic heterocycles. The Bertz CT molecular complexity index is 893. The van der Waals surface area contributed by atoms with E-state index < -0.39 is 30.1 Å². The molecule has 0 aromatic heterocycles. The Morgan fingerprint density at radius 1 is 1.21 bits per heavy atom. The first-order valence-corrected chi connectivity index (χ1v) is 11.7. The molecule has 1 fully saturated rings. The van der Waals surface area contributed by atoms with Crippen molar-refractivity contribution in [1.29, 1.82) is 0 Å². The van der Waals surface area contributed by atoms with Crippen LogP contribution < -0.4 is 10.5 Å². The van der Waals surface area contributed by atoms with Gasteiger partial charge in [-0.15, -0.1) is 0 Å². The second-order valence-corrected chi connectivity index (χ2v) is 9.28. The number of hydrogen-bond donors (Lipinski definition) is 2. The van der Waals surface area contributed by atoms with Crippen LogP contribution in [0.25, 0.3) is 6.08 Å². The Hall–Kier alpha value is -2.19. The number of fused-ring (bicyclic) bond motifs is 2. The Kier molecular flexibility index (Phi) is 8.34. The fourth-order valence-electron chi connectivity index (χ4n) is 4.08. The van der Waals surface area contributed by atoms with Gasteiger partial charge in [0.05, 0.1) is 18.3 Å². The topological polar surface area (TPSA) is 100 Å². The Labute approximate surface area is 196 Å². The van der Waals surface area contributed by atoms with Crippen LogP contribution >= 0.6 is 0 Å². The molecule has 1 unspecified atom stereocenters. The number of esters is 1. The number of carbonyl (C=O) groups excluding carboxylic acids is 1. The average molecular weight is 460 g/mol. The normalized spacial score (nSPS) is 30.6. The summed E-state index contributed by atoms with van der Waals surface area (Å²) in [4.78, 5) is 13.2. The first-order chi connectivity index (χ1) is 15.6. The molecule has 3 N–H and O–H groups in total. The lowest BCUT2D eigenvalue weighted by Crippen LogP contribution is -2.34. The SMILES string of the molecule is Cc1ccc(OCCCN)c2c1C(=O)O[C@@H](C)[C@H](C)/C=C\C(O)[C@H]1OC(C)(C)O[C@H]1CC=C2. The van der Waals surface area contributed by atoms with Crippen LogP contribution in [0.5, 0.6) is 5.75 Å². The fourth-order valence-corrected chi connectivity index (χ4v) is 4.08. The Morgan fingerprint density at radius 3 is 2.70 bits per heavy atom. The number of rotatable bonds is 4. The lowest BCUT2D eigenvalue weighted by Gasteiger charge is -2.23. The highest BCUT2D eigenvalue weighted by atomic mass is 16.8. The number of aryl methyl sites for hydroxylation is 1. The molecule has 5 atom stereocenters. The van der Waals surface area contributed by atoms with Crippen molar-refractivity contribution in [2.75, 3.05) is 13.2 Å². The summed E-state index contributed by atoms with van der Waals surface area (Å²) < 4.78 is 23.8. The first-order valence-electron chi connectivity index (χ1n) is 11.7. The van der Waals surface area contributed by atoms with E-state index in [4.69, 9.17) is 24.7 Å². The third kappa shape index (κ3) is 6.23. The smallest absolute Gasteiger partial charge is 0.339 e. The van der Waals surface area contributed by atoms with Crippen molar-refractivity contribution in [3.63, 3.8) is 0 Å². The molecule has 0 amide bonds. The second kappa shape index (κ2) is 10.8. The average Bonchev–Trinajstić information content (AvgIpc) is 3.07. The molecule has 182 valence electrons. The number of nitrogens with two attached hydrogens (primary N) is 1. The zero-order valence-electron chi connectivity index (χ0n) is 20.2. The van der Waals surface area contributed by atoms with Crippen LogP contribution in [0.4, 0.5) is 0 Å². The van der Waals surface area contributed by atoms with E-state index >= 15 is 0 Å². The number of benzene rings is 1. The quantitative estimate of drug-likeness (QED) is 0.402. The molecule has 0 radical (unpaired) electrons. The molecule has 7 heteroatoms. The highest BCUT2D eigenvalue weighted by molar-refractivity contribution is 5.96. The number of hydrogen-bond acceptors (Lipinski definition) is 7. The van der Waals surface area contributed by atoms with Crippen molar-refractivity contribution >= 4 is 12.0 Å². The van der Waals surface area contributed by atoms with E-state index in [0.717, 1.165) is 5.56 Å².